The van der Waals surface area contributed by atoms with E-state index in [9.17, 15) is 0 Å². The highest BCUT2D eigenvalue weighted by atomic mass is 32.1. The SMILES string of the molecule is c1ccc(-c2csc(-c3ncccn3)c2)nc1. The van der Waals surface area contributed by atoms with Crippen LogP contribution in [-0.2, 0) is 0 Å². The average molecular weight is 239 g/mol. The highest BCUT2D eigenvalue weighted by Gasteiger charge is 2.06. The predicted octanol–water partition coefficient (Wildman–Crippen LogP) is 3.27. The molecule has 3 heterocycles. The van der Waals surface area contributed by atoms with E-state index in [1.165, 1.54) is 0 Å². The van der Waals surface area contributed by atoms with Crippen molar-refractivity contribution >= 4 is 11.3 Å². The molecule has 0 saturated heterocycles. The van der Waals surface area contributed by atoms with Crippen molar-refractivity contribution in [2.24, 2.45) is 0 Å². The fourth-order valence-electron chi connectivity index (χ4n) is 1.55. The number of aromatic nitrogens is 3. The zero-order valence-electron chi connectivity index (χ0n) is 8.95. The molecule has 0 fully saturated rings. The molecule has 3 rings (SSSR count). The number of rotatable bonds is 2. The molecule has 0 bridgehead atoms. The van der Waals surface area contributed by atoms with Crippen molar-refractivity contribution in [3.63, 3.8) is 0 Å². The van der Waals surface area contributed by atoms with Crippen molar-refractivity contribution in [1.82, 2.24) is 15.0 Å². The third kappa shape index (κ3) is 2.07. The minimum Gasteiger partial charge on any atom is -0.256 e. The molecule has 0 aromatic carbocycles. The fourth-order valence-corrected chi connectivity index (χ4v) is 2.40. The summed E-state index contributed by atoms with van der Waals surface area (Å²) in [5.41, 5.74) is 2.09. The molecule has 82 valence electrons. The van der Waals surface area contributed by atoms with Crippen LogP contribution < -0.4 is 0 Å². The third-order valence-corrected chi connectivity index (χ3v) is 3.27. The average Bonchev–Trinajstić information content (AvgIpc) is 2.90. The van der Waals surface area contributed by atoms with Gasteiger partial charge in [0.05, 0.1) is 10.6 Å². The Morgan fingerprint density at radius 3 is 2.47 bits per heavy atom. The number of nitrogens with zero attached hydrogens (tertiary/aromatic N) is 3. The molecule has 0 unspecified atom stereocenters. The van der Waals surface area contributed by atoms with Gasteiger partial charge in [0.25, 0.3) is 0 Å². The molecule has 3 aromatic heterocycles. The van der Waals surface area contributed by atoms with E-state index in [1.54, 1.807) is 29.9 Å². The molecule has 0 aliphatic heterocycles. The van der Waals surface area contributed by atoms with E-state index in [-0.39, 0.29) is 0 Å². The summed E-state index contributed by atoms with van der Waals surface area (Å²) in [7, 11) is 0. The normalized spacial score (nSPS) is 10.4. The second-order valence-corrected chi connectivity index (χ2v) is 4.40. The lowest BCUT2D eigenvalue weighted by Gasteiger charge is -1.94. The van der Waals surface area contributed by atoms with Gasteiger partial charge in [-0.1, -0.05) is 6.07 Å². The number of hydrogen-bond donors (Lipinski definition) is 0. The summed E-state index contributed by atoms with van der Waals surface area (Å²) in [4.78, 5) is 13.9. The molecule has 0 spiro atoms. The molecule has 0 atom stereocenters. The molecule has 0 amide bonds. The Morgan fingerprint density at radius 2 is 1.71 bits per heavy atom. The Hall–Kier alpha value is -2.07. The minimum absolute atomic E-state index is 0.764. The van der Waals surface area contributed by atoms with E-state index in [0.717, 1.165) is 22.0 Å². The van der Waals surface area contributed by atoms with Gasteiger partial charge in [-0.3, -0.25) is 4.98 Å². The number of pyridine rings is 1. The number of hydrogen-bond acceptors (Lipinski definition) is 4. The molecule has 3 nitrogen and oxygen atoms in total. The minimum atomic E-state index is 0.764. The Labute approximate surface area is 103 Å². The van der Waals surface area contributed by atoms with Gasteiger partial charge in [0.1, 0.15) is 0 Å². The van der Waals surface area contributed by atoms with E-state index < -0.39 is 0 Å². The van der Waals surface area contributed by atoms with E-state index in [4.69, 9.17) is 0 Å². The first-order chi connectivity index (χ1) is 8.43. The number of thiophene rings is 1. The topological polar surface area (TPSA) is 38.7 Å². The van der Waals surface area contributed by atoms with E-state index in [2.05, 4.69) is 26.4 Å². The van der Waals surface area contributed by atoms with Crippen LogP contribution in [0.4, 0.5) is 0 Å². The second-order valence-electron chi connectivity index (χ2n) is 3.49. The first-order valence-corrected chi connectivity index (χ1v) is 6.09. The quantitative estimate of drug-likeness (QED) is 0.689. The van der Waals surface area contributed by atoms with Gasteiger partial charge >= 0.3 is 0 Å². The lowest BCUT2D eigenvalue weighted by Crippen LogP contribution is -1.82. The lowest BCUT2D eigenvalue weighted by molar-refractivity contribution is 1.19. The smallest absolute Gasteiger partial charge is 0.169 e. The van der Waals surface area contributed by atoms with Crippen molar-refractivity contribution in [2.45, 2.75) is 0 Å². The van der Waals surface area contributed by atoms with Gasteiger partial charge in [0.2, 0.25) is 0 Å². The fraction of sp³-hybridized carbons (Fsp3) is 0. The van der Waals surface area contributed by atoms with Crippen molar-refractivity contribution in [1.29, 1.82) is 0 Å². The summed E-state index contributed by atoms with van der Waals surface area (Å²) in [5.74, 6) is 0.764. The van der Waals surface area contributed by atoms with Crippen LogP contribution in [0.2, 0.25) is 0 Å². The highest BCUT2D eigenvalue weighted by Crippen LogP contribution is 2.29. The van der Waals surface area contributed by atoms with Crippen LogP contribution in [0.1, 0.15) is 0 Å². The molecule has 4 heteroatoms. The highest BCUT2D eigenvalue weighted by molar-refractivity contribution is 7.13. The predicted molar refractivity (Wildman–Crippen MR) is 68.6 cm³/mol. The van der Waals surface area contributed by atoms with Crippen molar-refractivity contribution in [2.75, 3.05) is 0 Å². The third-order valence-electron chi connectivity index (χ3n) is 2.35. The molecule has 3 aromatic rings. The molecule has 0 radical (unpaired) electrons. The van der Waals surface area contributed by atoms with Crippen LogP contribution in [0.15, 0.2) is 54.3 Å². The van der Waals surface area contributed by atoms with Crippen molar-refractivity contribution < 1.29 is 0 Å². The maximum Gasteiger partial charge on any atom is 0.169 e. The molecule has 0 saturated carbocycles. The van der Waals surface area contributed by atoms with Crippen molar-refractivity contribution in [3.8, 4) is 22.0 Å². The Bertz CT molecular complexity index is 551. The summed E-state index contributed by atoms with van der Waals surface area (Å²) in [6.45, 7) is 0. The van der Waals surface area contributed by atoms with Gasteiger partial charge in [-0.2, -0.15) is 0 Å². The van der Waals surface area contributed by atoms with Gasteiger partial charge < -0.3 is 0 Å². The van der Waals surface area contributed by atoms with Gasteiger partial charge in [-0.05, 0) is 24.3 Å². The van der Waals surface area contributed by atoms with E-state index in [1.807, 2.05) is 24.3 Å². The molecule has 0 N–H and O–H groups in total. The maximum atomic E-state index is 4.32. The largest absolute Gasteiger partial charge is 0.256 e. The van der Waals surface area contributed by atoms with Crippen LogP contribution in [0.3, 0.4) is 0 Å². The maximum absolute atomic E-state index is 4.32. The first-order valence-electron chi connectivity index (χ1n) is 5.21. The molecule has 0 aliphatic carbocycles. The van der Waals surface area contributed by atoms with Crippen LogP contribution in [0.5, 0.6) is 0 Å². The molecular formula is C13H9N3S. The molecular weight excluding hydrogens is 230 g/mol. The van der Waals surface area contributed by atoms with E-state index >= 15 is 0 Å². The first kappa shape index (κ1) is 10.1. The molecule has 0 aliphatic rings. The summed E-state index contributed by atoms with van der Waals surface area (Å²) in [6.07, 6.45) is 5.30. The molecule has 17 heavy (non-hydrogen) atoms. The van der Waals surface area contributed by atoms with Gasteiger partial charge in [-0.15, -0.1) is 11.3 Å². The standard InChI is InChI=1S/C13H9N3S/c1-2-5-14-11(4-1)10-8-12(17-9-10)13-15-6-3-7-16-13/h1-9H. The zero-order chi connectivity index (χ0) is 11.5. The van der Waals surface area contributed by atoms with Gasteiger partial charge in [0, 0.05) is 29.5 Å². The van der Waals surface area contributed by atoms with E-state index in [0.29, 0.717) is 0 Å². The Kier molecular flexibility index (Phi) is 2.63. The second kappa shape index (κ2) is 4.43. The van der Waals surface area contributed by atoms with Crippen LogP contribution in [0, 0.1) is 0 Å². The Morgan fingerprint density at radius 1 is 0.882 bits per heavy atom. The summed E-state index contributed by atoms with van der Waals surface area (Å²) < 4.78 is 0. The van der Waals surface area contributed by atoms with Crippen molar-refractivity contribution in [3.05, 3.63) is 54.3 Å². The monoisotopic (exact) mass is 239 g/mol. The lowest BCUT2D eigenvalue weighted by atomic mass is 10.2. The summed E-state index contributed by atoms with van der Waals surface area (Å²) >= 11 is 1.63. The Balaban J connectivity index is 1.99. The van der Waals surface area contributed by atoms with Crippen LogP contribution in [-0.4, -0.2) is 15.0 Å². The van der Waals surface area contributed by atoms with Gasteiger partial charge in [0.15, 0.2) is 5.82 Å². The van der Waals surface area contributed by atoms with Gasteiger partial charge in [-0.25, -0.2) is 9.97 Å². The van der Waals surface area contributed by atoms with Crippen LogP contribution >= 0.6 is 11.3 Å². The zero-order valence-corrected chi connectivity index (χ0v) is 9.76. The van der Waals surface area contributed by atoms with Crippen LogP contribution in [0.25, 0.3) is 22.0 Å². The summed E-state index contributed by atoms with van der Waals surface area (Å²) in [6, 6.07) is 9.78. The summed E-state index contributed by atoms with van der Waals surface area (Å²) in [5, 5.41) is 2.08.